The van der Waals surface area contributed by atoms with Crippen molar-refractivity contribution < 1.29 is 0 Å². The van der Waals surface area contributed by atoms with Gasteiger partial charge in [-0.2, -0.15) is 0 Å². The standard InChI is InChI=1S/C21H18N2/c1-13-9-10-18-17(12-13)21(2,3)16-8-4-6-14-15-7-5-11-22-20(15)23(18)19(14)16/h4-12H,1-3H3. The topological polar surface area (TPSA) is 17.8 Å². The SMILES string of the molecule is Cc1ccc2c(c1)C(C)(C)c1cccc3c4cccnc4n-2c13. The maximum Gasteiger partial charge on any atom is 0.145 e. The van der Waals surface area contributed by atoms with Gasteiger partial charge in [0.2, 0.25) is 0 Å². The second kappa shape index (κ2) is 4.02. The fourth-order valence-corrected chi connectivity index (χ4v) is 4.12. The Kier molecular flexibility index (Phi) is 2.25. The molecule has 2 nitrogen and oxygen atoms in total. The molecule has 4 aromatic rings. The number of hydrogen-bond acceptors (Lipinski definition) is 1. The number of rotatable bonds is 0. The minimum absolute atomic E-state index is 0.00869. The molecule has 1 aliphatic heterocycles. The lowest BCUT2D eigenvalue weighted by molar-refractivity contribution is 0.629. The summed E-state index contributed by atoms with van der Waals surface area (Å²) < 4.78 is 2.35. The number of aromatic nitrogens is 2. The van der Waals surface area contributed by atoms with Crippen LogP contribution in [0.2, 0.25) is 0 Å². The van der Waals surface area contributed by atoms with Crippen molar-refractivity contribution in [2.45, 2.75) is 26.2 Å². The summed E-state index contributed by atoms with van der Waals surface area (Å²) in [4.78, 5) is 4.70. The first-order valence-corrected chi connectivity index (χ1v) is 8.09. The Labute approximate surface area is 135 Å². The van der Waals surface area contributed by atoms with E-state index in [0.717, 1.165) is 5.65 Å². The third-order valence-electron chi connectivity index (χ3n) is 5.29. The van der Waals surface area contributed by atoms with E-state index in [1.54, 1.807) is 0 Å². The van der Waals surface area contributed by atoms with Crippen molar-refractivity contribution in [3.63, 3.8) is 0 Å². The number of fused-ring (bicyclic) bond motifs is 5. The summed E-state index contributed by atoms with van der Waals surface area (Å²) in [5.41, 5.74) is 7.67. The third-order valence-corrected chi connectivity index (χ3v) is 5.29. The number of aryl methyl sites for hydroxylation is 1. The van der Waals surface area contributed by atoms with Crippen LogP contribution in [0.3, 0.4) is 0 Å². The Morgan fingerprint density at radius 3 is 2.61 bits per heavy atom. The Bertz CT molecular complexity index is 1100. The van der Waals surface area contributed by atoms with Gasteiger partial charge in [-0.25, -0.2) is 4.98 Å². The summed E-state index contributed by atoms with van der Waals surface area (Å²) >= 11 is 0. The molecule has 0 spiro atoms. The Hall–Kier alpha value is -2.61. The number of hydrogen-bond donors (Lipinski definition) is 0. The molecule has 2 aromatic carbocycles. The fraction of sp³-hybridized carbons (Fsp3) is 0.190. The monoisotopic (exact) mass is 298 g/mol. The summed E-state index contributed by atoms with van der Waals surface area (Å²) in [6.45, 7) is 6.82. The highest BCUT2D eigenvalue weighted by Gasteiger charge is 2.35. The normalized spacial score (nSPS) is 15.1. The average molecular weight is 298 g/mol. The molecule has 5 rings (SSSR count). The number of pyridine rings is 1. The molecule has 0 N–H and O–H groups in total. The van der Waals surface area contributed by atoms with E-state index in [9.17, 15) is 0 Å². The molecule has 0 atom stereocenters. The molecular formula is C21H18N2. The van der Waals surface area contributed by atoms with Crippen molar-refractivity contribution in [3.05, 3.63) is 71.4 Å². The van der Waals surface area contributed by atoms with Gasteiger partial charge in [-0.1, -0.05) is 49.7 Å². The van der Waals surface area contributed by atoms with E-state index in [-0.39, 0.29) is 5.41 Å². The second-order valence-electron chi connectivity index (χ2n) is 7.06. The molecule has 1 aliphatic rings. The predicted octanol–water partition coefficient (Wildman–Crippen LogP) is 5.13. The van der Waals surface area contributed by atoms with Crippen LogP contribution >= 0.6 is 0 Å². The van der Waals surface area contributed by atoms with Crippen molar-refractivity contribution >= 4 is 21.9 Å². The minimum atomic E-state index is -0.00869. The quantitative estimate of drug-likeness (QED) is 0.440. The molecule has 0 amide bonds. The largest absolute Gasteiger partial charge is 0.293 e. The molecule has 0 radical (unpaired) electrons. The lowest BCUT2D eigenvalue weighted by Crippen LogP contribution is -2.26. The first kappa shape index (κ1) is 12.9. The van der Waals surface area contributed by atoms with Gasteiger partial charge in [0, 0.05) is 22.4 Å². The predicted molar refractivity (Wildman–Crippen MR) is 95.4 cm³/mol. The van der Waals surface area contributed by atoms with Crippen LogP contribution in [0.15, 0.2) is 54.7 Å². The van der Waals surface area contributed by atoms with E-state index >= 15 is 0 Å². The van der Waals surface area contributed by atoms with Gasteiger partial charge in [-0.05, 0) is 36.2 Å². The lowest BCUT2D eigenvalue weighted by Gasteiger charge is -2.34. The molecule has 0 bridgehead atoms. The number of nitrogens with zero attached hydrogens (tertiary/aromatic N) is 2. The molecule has 2 aromatic heterocycles. The highest BCUT2D eigenvalue weighted by Crippen LogP contribution is 2.46. The summed E-state index contributed by atoms with van der Waals surface area (Å²) in [5.74, 6) is 0. The highest BCUT2D eigenvalue weighted by molar-refractivity contribution is 6.10. The first-order chi connectivity index (χ1) is 11.1. The molecular weight excluding hydrogens is 280 g/mol. The number of benzene rings is 2. The molecule has 0 unspecified atom stereocenters. The van der Waals surface area contributed by atoms with Crippen LogP contribution in [0.4, 0.5) is 0 Å². The van der Waals surface area contributed by atoms with Gasteiger partial charge < -0.3 is 0 Å². The van der Waals surface area contributed by atoms with Gasteiger partial charge in [0.05, 0.1) is 11.2 Å². The van der Waals surface area contributed by atoms with Gasteiger partial charge in [0.15, 0.2) is 0 Å². The van der Waals surface area contributed by atoms with Crippen LogP contribution in [0, 0.1) is 6.92 Å². The van der Waals surface area contributed by atoms with Crippen LogP contribution in [0.25, 0.3) is 27.6 Å². The van der Waals surface area contributed by atoms with Crippen LogP contribution < -0.4 is 0 Å². The van der Waals surface area contributed by atoms with Crippen LogP contribution in [-0.4, -0.2) is 9.55 Å². The van der Waals surface area contributed by atoms with Gasteiger partial charge in [0.25, 0.3) is 0 Å². The Balaban J connectivity index is 2.12. The van der Waals surface area contributed by atoms with E-state index in [4.69, 9.17) is 4.98 Å². The van der Waals surface area contributed by atoms with Crippen LogP contribution in [0.1, 0.15) is 30.5 Å². The van der Waals surface area contributed by atoms with Gasteiger partial charge in [-0.3, -0.25) is 4.57 Å². The minimum Gasteiger partial charge on any atom is -0.293 e. The highest BCUT2D eigenvalue weighted by atomic mass is 15.1. The molecule has 2 heteroatoms. The van der Waals surface area contributed by atoms with Crippen LogP contribution in [-0.2, 0) is 5.41 Å². The third kappa shape index (κ3) is 1.46. The van der Waals surface area contributed by atoms with E-state index in [0.29, 0.717) is 0 Å². The second-order valence-corrected chi connectivity index (χ2v) is 7.06. The van der Waals surface area contributed by atoms with Gasteiger partial charge in [-0.15, -0.1) is 0 Å². The van der Waals surface area contributed by atoms with Crippen molar-refractivity contribution in [2.75, 3.05) is 0 Å². The zero-order valence-electron chi connectivity index (χ0n) is 13.6. The van der Waals surface area contributed by atoms with Gasteiger partial charge >= 0.3 is 0 Å². The zero-order valence-corrected chi connectivity index (χ0v) is 13.6. The van der Waals surface area contributed by atoms with Crippen molar-refractivity contribution in [2.24, 2.45) is 0 Å². The average Bonchev–Trinajstić information content (AvgIpc) is 2.89. The Morgan fingerprint density at radius 2 is 1.74 bits per heavy atom. The van der Waals surface area contributed by atoms with Crippen LogP contribution in [0.5, 0.6) is 0 Å². The molecule has 0 saturated heterocycles. The molecule has 23 heavy (non-hydrogen) atoms. The summed E-state index contributed by atoms with van der Waals surface area (Å²) in [6.07, 6.45) is 1.89. The summed E-state index contributed by atoms with van der Waals surface area (Å²) in [6, 6.07) is 17.6. The molecule has 0 saturated carbocycles. The van der Waals surface area contributed by atoms with E-state index in [2.05, 4.69) is 67.8 Å². The summed E-state index contributed by atoms with van der Waals surface area (Å²) in [7, 11) is 0. The van der Waals surface area contributed by atoms with E-state index in [1.807, 2.05) is 12.3 Å². The Morgan fingerprint density at radius 1 is 0.913 bits per heavy atom. The van der Waals surface area contributed by atoms with E-state index < -0.39 is 0 Å². The number of para-hydroxylation sites is 1. The van der Waals surface area contributed by atoms with Gasteiger partial charge in [0.1, 0.15) is 5.65 Å². The maximum atomic E-state index is 4.70. The smallest absolute Gasteiger partial charge is 0.145 e. The summed E-state index contributed by atoms with van der Waals surface area (Å²) in [5, 5.41) is 2.53. The van der Waals surface area contributed by atoms with E-state index in [1.165, 1.54) is 38.7 Å². The molecule has 112 valence electrons. The maximum absolute atomic E-state index is 4.70. The first-order valence-electron chi connectivity index (χ1n) is 8.09. The molecule has 3 heterocycles. The van der Waals surface area contributed by atoms with Crippen molar-refractivity contribution in [3.8, 4) is 5.69 Å². The van der Waals surface area contributed by atoms with Crippen molar-refractivity contribution in [1.82, 2.24) is 9.55 Å². The van der Waals surface area contributed by atoms with Crippen molar-refractivity contribution in [1.29, 1.82) is 0 Å². The fourth-order valence-electron chi connectivity index (χ4n) is 4.12. The zero-order chi connectivity index (χ0) is 15.8. The lowest BCUT2D eigenvalue weighted by atomic mass is 9.74. The molecule has 0 aliphatic carbocycles. The molecule has 0 fully saturated rings.